The molecule has 2 unspecified atom stereocenters. The number of carbonyl (C=O) groups is 1. The molecule has 1 aromatic carbocycles. The number of thioether (sulfide) groups is 1. The van der Waals surface area contributed by atoms with E-state index in [2.05, 4.69) is 5.32 Å². The van der Waals surface area contributed by atoms with Gasteiger partial charge >= 0.3 is 0 Å². The second kappa shape index (κ2) is 4.87. The first-order valence-electron chi connectivity index (χ1n) is 7.79. The Balaban J connectivity index is 1.57. The van der Waals surface area contributed by atoms with Gasteiger partial charge in [-0.3, -0.25) is 9.79 Å². The molecule has 3 nitrogen and oxygen atoms in total. The molecule has 0 aromatic heterocycles. The topological polar surface area (TPSA) is 41.5 Å². The van der Waals surface area contributed by atoms with E-state index in [1.54, 1.807) is 11.8 Å². The minimum atomic E-state index is -0.544. The molecule has 1 N–H and O–H groups in total. The number of nitrogens with one attached hydrogen (secondary N) is 1. The van der Waals surface area contributed by atoms with E-state index in [1.165, 1.54) is 25.7 Å². The molecule has 1 amide bonds. The van der Waals surface area contributed by atoms with Crippen LogP contribution < -0.4 is 5.32 Å². The lowest BCUT2D eigenvalue weighted by atomic mass is 9.96. The number of hydrogen-bond acceptors (Lipinski definition) is 3. The fraction of sp³-hybridized carbons (Fsp3) is 0.529. The third-order valence-corrected chi connectivity index (χ3v) is 6.49. The number of amides is 1. The van der Waals surface area contributed by atoms with Gasteiger partial charge in [-0.15, -0.1) is 0 Å². The Morgan fingerprint density at radius 2 is 2.05 bits per heavy atom. The van der Waals surface area contributed by atoms with Crippen molar-refractivity contribution >= 4 is 22.8 Å². The third kappa shape index (κ3) is 2.20. The summed E-state index contributed by atoms with van der Waals surface area (Å²) in [6, 6.07) is 10.4. The maximum absolute atomic E-state index is 12.4. The first-order chi connectivity index (χ1) is 10.1. The summed E-state index contributed by atoms with van der Waals surface area (Å²) in [6.45, 7) is 1.99. The SMILES string of the molecule is CC1(c2ccccc2)SC(=NC2C[C@H]3CC[C@@H]2C3)NC1=O. The minimum absolute atomic E-state index is 0.0561. The maximum Gasteiger partial charge on any atom is 0.246 e. The zero-order valence-electron chi connectivity index (χ0n) is 12.2. The quantitative estimate of drug-likeness (QED) is 0.910. The van der Waals surface area contributed by atoms with E-state index in [4.69, 9.17) is 4.99 Å². The van der Waals surface area contributed by atoms with Crippen molar-refractivity contribution in [2.24, 2.45) is 16.8 Å². The molecule has 1 saturated heterocycles. The average molecular weight is 300 g/mol. The molecule has 0 spiro atoms. The summed E-state index contributed by atoms with van der Waals surface area (Å²) in [5.74, 6) is 1.69. The molecule has 4 atom stereocenters. The lowest BCUT2D eigenvalue weighted by Gasteiger charge is -2.19. The second-order valence-electron chi connectivity index (χ2n) is 6.63. The Hall–Kier alpha value is -1.29. The number of carbonyl (C=O) groups excluding carboxylic acids is 1. The highest BCUT2D eigenvalue weighted by Crippen LogP contribution is 2.47. The Labute approximate surface area is 129 Å². The highest BCUT2D eigenvalue weighted by molar-refractivity contribution is 8.15. The van der Waals surface area contributed by atoms with E-state index in [1.807, 2.05) is 37.3 Å². The Kier molecular flexibility index (Phi) is 3.10. The van der Waals surface area contributed by atoms with Crippen LogP contribution in [0.4, 0.5) is 0 Å². The first-order valence-corrected chi connectivity index (χ1v) is 8.60. The highest BCUT2D eigenvalue weighted by atomic mass is 32.2. The number of rotatable bonds is 2. The van der Waals surface area contributed by atoms with Gasteiger partial charge in [-0.05, 0) is 43.6 Å². The highest BCUT2D eigenvalue weighted by Gasteiger charge is 2.45. The Morgan fingerprint density at radius 3 is 2.71 bits per heavy atom. The molecule has 21 heavy (non-hydrogen) atoms. The summed E-state index contributed by atoms with van der Waals surface area (Å²) < 4.78 is -0.544. The van der Waals surface area contributed by atoms with Gasteiger partial charge in [0, 0.05) is 0 Å². The third-order valence-electron chi connectivity index (χ3n) is 5.26. The summed E-state index contributed by atoms with van der Waals surface area (Å²) in [7, 11) is 0. The molecular weight excluding hydrogens is 280 g/mol. The van der Waals surface area contributed by atoms with E-state index in [-0.39, 0.29) is 5.91 Å². The standard InChI is InChI=1S/C17H20N2OS/c1-17(13-5-3-2-4-6-13)15(20)19-16(21-17)18-14-10-11-7-8-12(14)9-11/h2-6,11-12,14H,7-10H2,1H3,(H,18,19,20)/t11-,12+,14?,17?/m0/s1. The number of amidine groups is 1. The largest absolute Gasteiger partial charge is 0.304 e. The van der Waals surface area contributed by atoms with Crippen LogP contribution >= 0.6 is 11.8 Å². The number of nitrogens with zero attached hydrogens (tertiary/aromatic N) is 1. The molecule has 4 rings (SSSR count). The average Bonchev–Trinajstić information content (AvgIpc) is 3.16. The van der Waals surface area contributed by atoms with E-state index >= 15 is 0 Å². The van der Waals surface area contributed by atoms with Crippen LogP contribution in [0.1, 0.15) is 38.2 Å². The molecule has 0 radical (unpaired) electrons. The van der Waals surface area contributed by atoms with Crippen LogP contribution in [0, 0.1) is 11.8 Å². The number of aliphatic imine (C=N–C) groups is 1. The van der Waals surface area contributed by atoms with Gasteiger partial charge in [0.25, 0.3) is 0 Å². The first kappa shape index (κ1) is 13.4. The van der Waals surface area contributed by atoms with Gasteiger partial charge in [-0.25, -0.2) is 0 Å². The number of benzene rings is 1. The molecule has 1 heterocycles. The Morgan fingerprint density at radius 1 is 1.24 bits per heavy atom. The minimum Gasteiger partial charge on any atom is -0.304 e. The second-order valence-corrected chi connectivity index (χ2v) is 8.04. The number of hydrogen-bond donors (Lipinski definition) is 1. The van der Waals surface area contributed by atoms with E-state index in [0.29, 0.717) is 6.04 Å². The fourth-order valence-electron chi connectivity index (χ4n) is 4.01. The van der Waals surface area contributed by atoms with Gasteiger partial charge in [0.2, 0.25) is 5.91 Å². The van der Waals surface area contributed by atoms with E-state index in [0.717, 1.165) is 22.6 Å². The van der Waals surface area contributed by atoms with Gasteiger partial charge in [0.15, 0.2) is 5.17 Å². The van der Waals surface area contributed by atoms with Crippen molar-refractivity contribution in [3.63, 3.8) is 0 Å². The molecule has 2 aliphatic carbocycles. The zero-order valence-corrected chi connectivity index (χ0v) is 13.0. The van der Waals surface area contributed by atoms with E-state index in [9.17, 15) is 4.79 Å². The molecule has 1 aliphatic heterocycles. The van der Waals surface area contributed by atoms with Crippen LogP contribution in [0.25, 0.3) is 0 Å². The van der Waals surface area contributed by atoms with Crippen molar-refractivity contribution in [3.8, 4) is 0 Å². The smallest absolute Gasteiger partial charge is 0.246 e. The van der Waals surface area contributed by atoms with Crippen LogP contribution in [0.2, 0.25) is 0 Å². The molecule has 2 saturated carbocycles. The number of fused-ring (bicyclic) bond motifs is 2. The Bertz CT molecular complexity index is 600. The van der Waals surface area contributed by atoms with Crippen molar-refractivity contribution in [2.45, 2.75) is 43.4 Å². The fourth-order valence-corrected chi connectivity index (χ4v) is 5.12. The summed E-state index contributed by atoms with van der Waals surface area (Å²) in [5.41, 5.74) is 1.05. The van der Waals surface area contributed by atoms with Crippen molar-refractivity contribution in [3.05, 3.63) is 35.9 Å². The van der Waals surface area contributed by atoms with Crippen LogP contribution in [-0.2, 0) is 9.54 Å². The van der Waals surface area contributed by atoms with Gasteiger partial charge in [0.05, 0.1) is 6.04 Å². The molecule has 3 fully saturated rings. The normalized spacial score (nSPS) is 40.0. The zero-order chi connectivity index (χ0) is 14.4. The summed E-state index contributed by atoms with van der Waals surface area (Å²) in [6.07, 6.45) is 5.26. The van der Waals surface area contributed by atoms with E-state index < -0.39 is 4.75 Å². The van der Waals surface area contributed by atoms with Gasteiger partial charge in [-0.2, -0.15) is 0 Å². The molecule has 4 heteroatoms. The van der Waals surface area contributed by atoms with Crippen LogP contribution in [-0.4, -0.2) is 17.1 Å². The lowest BCUT2D eigenvalue weighted by molar-refractivity contribution is -0.121. The molecule has 3 aliphatic rings. The van der Waals surface area contributed by atoms with Crippen LogP contribution in [0.5, 0.6) is 0 Å². The summed E-state index contributed by atoms with van der Waals surface area (Å²) >= 11 is 1.58. The van der Waals surface area contributed by atoms with Crippen LogP contribution in [0.15, 0.2) is 35.3 Å². The predicted octanol–water partition coefficient (Wildman–Crippen LogP) is 3.31. The van der Waals surface area contributed by atoms with Crippen molar-refractivity contribution in [1.82, 2.24) is 5.32 Å². The molecule has 110 valence electrons. The molecular formula is C17H20N2OS. The van der Waals surface area contributed by atoms with Gasteiger partial charge < -0.3 is 5.32 Å². The summed E-state index contributed by atoms with van der Waals surface area (Å²) in [4.78, 5) is 17.3. The van der Waals surface area contributed by atoms with Crippen molar-refractivity contribution in [2.75, 3.05) is 0 Å². The van der Waals surface area contributed by atoms with Crippen molar-refractivity contribution in [1.29, 1.82) is 0 Å². The van der Waals surface area contributed by atoms with Crippen molar-refractivity contribution < 1.29 is 4.79 Å². The predicted molar refractivity (Wildman–Crippen MR) is 86.2 cm³/mol. The van der Waals surface area contributed by atoms with Gasteiger partial charge in [-0.1, -0.05) is 48.5 Å². The van der Waals surface area contributed by atoms with Crippen LogP contribution in [0.3, 0.4) is 0 Å². The molecule has 2 bridgehead atoms. The summed E-state index contributed by atoms with van der Waals surface area (Å²) in [5, 5.41) is 3.83. The maximum atomic E-state index is 12.4. The monoisotopic (exact) mass is 300 g/mol. The van der Waals surface area contributed by atoms with Gasteiger partial charge in [0.1, 0.15) is 4.75 Å². The lowest BCUT2D eigenvalue weighted by Crippen LogP contribution is -2.32. The molecule has 1 aromatic rings.